The first-order valence-corrected chi connectivity index (χ1v) is 9.33. The van der Waals surface area contributed by atoms with Crippen molar-refractivity contribution < 1.29 is 9.59 Å². The Kier molecular flexibility index (Phi) is 4.74. The molecule has 2 heterocycles. The average Bonchev–Trinajstić information content (AvgIpc) is 3.05. The summed E-state index contributed by atoms with van der Waals surface area (Å²) < 4.78 is 1.01. The molecule has 0 saturated carbocycles. The summed E-state index contributed by atoms with van der Waals surface area (Å²) in [6, 6.07) is 13.6. The van der Waals surface area contributed by atoms with Crippen molar-refractivity contribution in [1.82, 2.24) is 10.3 Å². The van der Waals surface area contributed by atoms with Crippen molar-refractivity contribution in [2.75, 3.05) is 10.6 Å². The van der Waals surface area contributed by atoms with Gasteiger partial charge in [0.15, 0.2) is 5.13 Å². The lowest BCUT2D eigenvalue weighted by molar-refractivity contribution is -0.124. The molecule has 1 aliphatic heterocycles. The first kappa shape index (κ1) is 17.4. The van der Waals surface area contributed by atoms with Gasteiger partial charge in [0.25, 0.3) is 0 Å². The van der Waals surface area contributed by atoms with Crippen LogP contribution in [0.2, 0.25) is 5.02 Å². The Labute approximate surface area is 163 Å². The van der Waals surface area contributed by atoms with Crippen LogP contribution in [0.15, 0.2) is 53.5 Å². The third-order valence-corrected chi connectivity index (χ3v) is 5.06. The molecule has 3 aromatic rings. The van der Waals surface area contributed by atoms with E-state index in [-0.39, 0.29) is 24.2 Å². The molecule has 0 fully saturated rings. The quantitative estimate of drug-likeness (QED) is 0.630. The van der Waals surface area contributed by atoms with Crippen LogP contribution in [0.1, 0.15) is 6.42 Å². The summed E-state index contributed by atoms with van der Waals surface area (Å²) in [6.07, 6.45) is -0.0234. The van der Waals surface area contributed by atoms with Crippen LogP contribution in [-0.2, 0) is 9.59 Å². The molecule has 1 aromatic heterocycles. The molecule has 1 atom stereocenters. The fourth-order valence-electron chi connectivity index (χ4n) is 2.59. The van der Waals surface area contributed by atoms with Crippen LogP contribution < -0.4 is 16.0 Å². The molecule has 0 saturated heterocycles. The molecule has 3 N–H and O–H groups in total. The number of aromatic nitrogens is 1. The van der Waals surface area contributed by atoms with Gasteiger partial charge in [0, 0.05) is 10.7 Å². The van der Waals surface area contributed by atoms with Gasteiger partial charge in [0.05, 0.1) is 16.6 Å². The Morgan fingerprint density at radius 2 is 1.96 bits per heavy atom. The van der Waals surface area contributed by atoms with Crippen molar-refractivity contribution in [3.05, 3.63) is 53.6 Å². The molecule has 27 heavy (non-hydrogen) atoms. The number of thiazole rings is 1. The number of hydrogen-bond acceptors (Lipinski definition) is 6. The highest BCUT2D eigenvalue weighted by Gasteiger charge is 2.27. The number of carbonyl (C=O) groups excluding carboxylic acids is 2. The first-order valence-electron chi connectivity index (χ1n) is 8.13. The number of nitrogens with one attached hydrogen (secondary N) is 3. The van der Waals surface area contributed by atoms with Gasteiger partial charge in [-0.3, -0.25) is 14.9 Å². The molecule has 0 bridgehead atoms. The van der Waals surface area contributed by atoms with Gasteiger partial charge in [0.1, 0.15) is 6.04 Å². The molecular weight excluding hydrogens is 386 g/mol. The molecule has 1 unspecified atom stereocenters. The number of fused-ring (bicyclic) bond motifs is 1. The smallest absolute Gasteiger partial charge is 0.249 e. The third kappa shape index (κ3) is 4.07. The molecule has 0 radical (unpaired) electrons. The van der Waals surface area contributed by atoms with Crippen molar-refractivity contribution in [2.45, 2.75) is 12.5 Å². The van der Waals surface area contributed by atoms with Gasteiger partial charge < -0.3 is 10.6 Å². The van der Waals surface area contributed by atoms with Crippen LogP contribution in [0.5, 0.6) is 0 Å². The maximum Gasteiger partial charge on any atom is 0.249 e. The van der Waals surface area contributed by atoms with Crippen LogP contribution in [0.25, 0.3) is 10.2 Å². The lowest BCUT2D eigenvalue weighted by Gasteiger charge is -2.20. The second-order valence-corrected chi connectivity index (χ2v) is 7.32. The number of amides is 2. The Hall–Kier alpha value is -2.97. The van der Waals surface area contributed by atoms with E-state index in [9.17, 15) is 9.59 Å². The number of aliphatic imine (C=N–C) groups is 1. The van der Waals surface area contributed by atoms with E-state index in [4.69, 9.17) is 11.6 Å². The van der Waals surface area contributed by atoms with E-state index in [0.717, 1.165) is 10.2 Å². The van der Waals surface area contributed by atoms with Crippen LogP contribution in [0.3, 0.4) is 0 Å². The monoisotopic (exact) mass is 399 g/mol. The number of para-hydroxylation sites is 1. The highest BCUT2D eigenvalue weighted by Crippen LogP contribution is 2.25. The molecule has 2 amide bonds. The van der Waals surface area contributed by atoms with Crippen molar-refractivity contribution in [3.8, 4) is 0 Å². The van der Waals surface area contributed by atoms with Gasteiger partial charge in [0.2, 0.25) is 17.8 Å². The van der Waals surface area contributed by atoms with E-state index in [1.165, 1.54) is 11.3 Å². The molecular formula is C18H14ClN5O2S. The van der Waals surface area contributed by atoms with Crippen molar-refractivity contribution in [3.63, 3.8) is 0 Å². The van der Waals surface area contributed by atoms with E-state index in [1.807, 2.05) is 24.3 Å². The standard InChI is InChI=1S/C18H14ClN5O2S/c19-10-5-7-11(8-6-10)20-16(26)13-9-15(25)23-17(21-13)24-18-22-12-3-1-2-4-14(12)27-18/h1-8,13H,9H2,(H,20,26)(H2,21,22,23,24,25). The lowest BCUT2D eigenvalue weighted by Crippen LogP contribution is -2.45. The molecule has 9 heteroatoms. The zero-order chi connectivity index (χ0) is 18.8. The average molecular weight is 400 g/mol. The van der Waals surface area contributed by atoms with E-state index in [1.54, 1.807) is 24.3 Å². The summed E-state index contributed by atoms with van der Waals surface area (Å²) in [6.45, 7) is 0. The van der Waals surface area contributed by atoms with E-state index < -0.39 is 6.04 Å². The normalized spacial score (nSPS) is 16.6. The second-order valence-electron chi connectivity index (χ2n) is 5.85. The highest BCUT2D eigenvalue weighted by molar-refractivity contribution is 7.22. The fraction of sp³-hybridized carbons (Fsp3) is 0.111. The van der Waals surface area contributed by atoms with Crippen LogP contribution >= 0.6 is 22.9 Å². The lowest BCUT2D eigenvalue weighted by atomic mass is 10.1. The molecule has 0 spiro atoms. The van der Waals surface area contributed by atoms with Gasteiger partial charge in [-0.15, -0.1) is 0 Å². The second kappa shape index (κ2) is 7.34. The van der Waals surface area contributed by atoms with E-state index in [2.05, 4.69) is 25.9 Å². The maximum absolute atomic E-state index is 12.5. The zero-order valence-corrected chi connectivity index (χ0v) is 15.5. The third-order valence-electron chi connectivity index (χ3n) is 3.86. The largest absolute Gasteiger partial charge is 0.324 e. The van der Waals surface area contributed by atoms with Gasteiger partial charge in [-0.2, -0.15) is 0 Å². The Morgan fingerprint density at radius 3 is 2.74 bits per heavy atom. The maximum atomic E-state index is 12.5. The number of rotatable bonds is 3. The zero-order valence-electron chi connectivity index (χ0n) is 13.9. The van der Waals surface area contributed by atoms with E-state index >= 15 is 0 Å². The molecule has 7 nitrogen and oxygen atoms in total. The summed E-state index contributed by atoms with van der Waals surface area (Å²) in [5.41, 5.74) is 1.44. The van der Waals surface area contributed by atoms with Crippen molar-refractivity contribution in [1.29, 1.82) is 0 Å². The van der Waals surface area contributed by atoms with Gasteiger partial charge in [-0.25, -0.2) is 9.98 Å². The van der Waals surface area contributed by atoms with Crippen LogP contribution in [-0.4, -0.2) is 28.8 Å². The number of halogens is 1. The predicted molar refractivity (Wildman–Crippen MR) is 107 cm³/mol. The Morgan fingerprint density at radius 1 is 1.19 bits per heavy atom. The van der Waals surface area contributed by atoms with Gasteiger partial charge >= 0.3 is 0 Å². The number of hydrogen-bond donors (Lipinski definition) is 3. The summed E-state index contributed by atoms with van der Waals surface area (Å²) in [5, 5.41) is 9.53. The van der Waals surface area contributed by atoms with Crippen LogP contribution in [0, 0.1) is 0 Å². The minimum Gasteiger partial charge on any atom is -0.324 e. The Balaban J connectivity index is 1.50. The number of benzene rings is 2. The summed E-state index contributed by atoms with van der Waals surface area (Å²) in [5.74, 6) is -0.442. The summed E-state index contributed by atoms with van der Waals surface area (Å²) in [4.78, 5) is 33.2. The number of carbonyl (C=O) groups is 2. The van der Waals surface area contributed by atoms with Gasteiger partial charge in [-0.05, 0) is 36.4 Å². The highest BCUT2D eigenvalue weighted by atomic mass is 35.5. The predicted octanol–water partition coefficient (Wildman–Crippen LogP) is 3.24. The van der Waals surface area contributed by atoms with E-state index in [0.29, 0.717) is 15.8 Å². The van der Waals surface area contributed by atoms with Crippen molar-refractivity contribution >= 4 is 61.7 Å². The minimum absolute atomic E-state index is 0.0234. The van der Waals surface area contributed by atoms with Crippen LogP contribution in [0.4, 0.5) is 10.8 Å². The number of nitrogens with zero attached hydrogens (tertiary/aromatic N) is 2. The SMILES string of the molecule is O=C1CC(C(=O)Nc2ccc(Cl)cc2)N=C(Nc2nc3ccccc3s2)N1. The summed E-state index contributed by atoms with van der Waals surface area (Å²) >= 11 is 7.28. The van der Waals surface area contributed by atoms with Gasteiger partial charge in [-0.1, -0.05) is 35.1 Å². The molecule has 1 aliphatic rings. The molecule has 136 valence electrons. The molecule has 4 rings (SSSR count). The minimum atomic E-state index is -0.827. The topological polar surface area (TPSA) is 95.5 Å². The van der Waals surface area contributed by atoms with Crippen molar-refractivity contribution in [2.24, 2.45) is 4.99 Å². The Bertz CT molecular complexity index is 1010. The summed E-state index contributed by atoms with van der Waals surface area (Å²) in [7, 11) is 0. The molecule has 0 aliphatic carbocycles. The number of guanidine groups is 1. The molecule has 2 aromatic carbocycles. The fourth-order valence-corrected chi connectivity index (χ4v) is 3.58. The number of anilines is 2. The first-order chi connectivity index (χ1) is 13.1.